The van der Waals surface area contributed by atoms with Gasteiger partial charge in [0, 0.05) is 22.0 Å². The van der Waals surface area contributed by atoms with Gasteiger partial charge in [0.05, 0.1) is 17.9 Å². The van der Waals surface area contributed by atoms with Crippen LogP contribution >= 0.6 is 23.2 Å². The van der Waals surface area contributed by atoms with Crippen LogP contribution in [-0.4, -0.2) is 6.18 Å². The molecule has 0 spiro atoms. The van der Waals surface area contributed by atoms with Gasteiger partial charge in [-0.25, -0.2) is 0 Å². The molecule has 0 saturated carbocycles. The summed E-state index contributed by atoms with van der Waals surface area (Å²) in [5, 5.41) is 9.20. The molecule has 1 aliphatic heterocycles. The Morgan fingerprint density at radius 3 is 2.31 bits per heavy atom. The molecular weight excluding hydrogens is 386 g/mol. The fraction of sp³-hybridized carbons (Fsp3) is 0.211. The van der Waals surface area contributed by atoms with Crippen molar-refractivity contribution in [2.24, 2.45) is 0 Å². The lowest BCUT2D eigenvalue weighted by Crippen LogP contribution is -2.42. The highest BCUT2D eigenvalue weighted by atomic mass is 35.5. The van der Waals surface area contributed by atoms with E-state index in [0.29, 0.717) is 22.3 Å². The first-order valence-corrected chi connectivity index (χ1v) is 8.33. The Balaban J connectivity index is 2.04. The first-order chi connectivity index (χ1) is 12.2. The first kappa shape index (κ1) is 18.6. The monoisotopic (exact) mass is 397 g/mol. The molecule has 2 aromatic carbocycles. The number of halogens is 5. The number of ether oxygens (including phenoxy) is 1. The van der Waals surface area contributed by atoms with E-state index in [-0.39, 0.29) is 15.6 Å². The van der Waals surface area contributed by atoms with Crippen LogP contribution < -0.4 is 0 Å². The van der Waals surface area contributed by atoms with Gasteiger partial charge in [-0.05, 0) is 47.9 Å². The molecule has 1 aliphatic rings. The summed E-state index contributed by atoms with van der Waals surface area (Å²) in [6.45, 7) is 1.73. The number of alkyl halides is 3. The van der Waals surface area contributed by atoms with Crippen molar-refractivity contribution in [3.8, 4) is 6.07 Å². The summed E-state index contributed by atoms with van der Waals surface area (Å²) < 4.78 is 47.1. The average molecular weight is 398 g/mol. The quantitative estimate of drug-likeness (QED) is 0.587. The normalized spacial score (nSPS) is 19.7. The zero-order valence-corrected chi connectivity index (χ0v) is 15.0. The van der Waals surface area contributed by atoms with Crippen LogP contribution in [0, 0.1) is 18.3 Å². The molecule has 0 aromatic heterocycles. The summed E-state index contributed by atoms with van der Waals surface area (Å²) in [4.78, 5) is 0. The van der Waals surface area contributed by atoms with E-state index in [0.717, 1.165) is 6.26 Å². The van der Waals surface area contributed by atoms with Crippen molar-refractivity contribution in [1.82, 2.24) is 0 Å². The maximum absolute atomic E-state index is 14.0. The smallest absolute Gasteiger partial charge is 0.432 e. The molecule has 0 N–H and O–H groups in total. The summed E-state index contributed by atoms with van der Waals surface area (Å²) in [6, 6.07) is 10.7. The van der Waals surface area contributed by atoms with Gasteiger partial charge in [0.25, 0.3) is 0 Å². The third-order valence-electron chi connectivity index (χ3n) is 4.35. The maximum Gasteiger partial charge on any atom is 0.432 e. The molecule has 0 aliphatic carbocycles. The lowest BCUT2D eigenvalue weighted by Gasteiger charge is -2.32. The van der Waals surface area contributed by atoms with Crippen LogP contribution in [0.2, 0.25) is 10.0 Å². The van der Waals surface area contributed by atoms with Gasteiger partial charge in [-0.3, -0.25) is 0 Å². The van der Waals surface area contributed by atoms with Gasteiger partial charge in [0.2, 0.25) is 5.60 Å². The highest BCUT2D eigenvalue weighted by Crippen LogP contribution is 2.52. The third-order valence-corrected chi connectivity index (χ3v) is 4.78. The molecule has 0 saturated heterocycles. The Morgan fingerprint density at radius 1 is 1.12 bits per heavy atom. The summed E-state index contributed by atoms with van der Waals surface area (Å²) in [7, 11) is 0. The number of hydrogen-bond acceptors (Lipinski definition) is 2. The van der Waals surface area contributed by atoms with Gasteiger partial charge in [0.15, 0.2) is 0 Å². The first-order valence-electron chi connectivity index (χ1n) is 7.57. The number of nitriles is 1. The van der Waals surface area contributed by atoms with Crippen LogP contribution in [0.4, 0.5) is 13.2 Å². The Morgan fingerprint density at radius 2 is 1.77 bits per heavy atom. The van der Waals surface area contributed by atoms with Gasteiger partial charge in [-0.1, -0.05) is 35.3 Å². The van der Waals surface area contributed by atoms with Crippen LogP contribution in [0.5, 0.6) is 0 Å². The van der Waals surface area contributed by atoms with Gasteiger partial charge in [0.1, 0.15) is 0 Å². The van der Waals surface area contributed by atoms with E-state index < -0.39 is 18.2 Å². The number of benzene rings is 2. The third kappa shape index (κ3) is 3.15. The van der Waals surface area contributed by atoms with Crippen LogP contribution in [0.3, 0.4) is 0 Å². The van der Waals surface area contributed by atoms with Crippen LogP contribution in [0.15, 0.2) is 42.7 Å². The van der Waals surface area contributed by atoms with Crippen molar-refractivity contribution in [2.75, 3.05) is 0 Å². The lowest BCUT2D eigenvalue weighted by molar-refractivity contribution is -0.260. The zero-order valence-electron chi connectivity index (χ0n) is 13.5. The Bertz CT molecular complexity index is 927. The van der Waals surface area contributed by atoms with E-state index in [1.165, 1.54) is 18.2 Å². The van der Waals surface area contributed by atoms with E-state index in [4.69, 9.17) is 33.2 Å². The molecule has 2 nitrogen and oxygen atoms in total. The molecule has 3 rings (SSSR count). The average Bonchev–Trinajstić information content (AvgIpc) is 3.00. The second-order valence-electron chi connectivity index (χ2n) is 6.06. The molecule has 2 aromatic rings. The number of hydrogen-bond donors (Lipinski definition) is 0. The van der Waals surface area contributed by atoms with E-state index in [1.54, 1.807) is 25.1 Å². The van der Waals surface area contributed by atoms with Gasteiger partial charge >= 0.3 is 6.18 Å². The van der Waals surface area contributed by atoms with Crippen molar-refractivity contribution in [1.29, 1.82) is 5.26 Å². The minimum absolute atomic E-state index is 0.0994. The maximum atomic E-state index is 14.0. The van der Waals surface area contributed by atoms with E-state index in [2.05, 4.69) is 0 Å². The van der Waals surface area contributed by atoms with Crippen LogP contribution in [0.25, 0.3) is 5.57 Å². The summed E-state index contributed by atoms with van der Waals surface area (Å²) >= 11 is 11.8. The minimum atomic E-state index is -4.68. The zero-order chi connectivity index (χ0) is 19.1. The number of rotatable bonds is 2. The molecule has 0 radical (unpaired) electrons. The molecule has 0 bridgehead atoms. The van der Waals surface area contributed by atoms with Crippen molar-refractivity contribution in [3.63, 3.8) is 0 Å². The molecule has 134 valence electrons. The molecule has 26 heavy (non-hydrogen) atoms. The van der Waals surface area contributed by atoms with Crippen molar-refractivity contribution in [2.45, 2.75) is 25.1 Å². The SMILES string of the molecule is Cc1cc(C2=COC(c3cc(Cl)cc(Cl)c3)(C(F)(F)F)C2)ccc1C#N. The highest BCUT2D eigenvalue weighted by Gasteiger charge is 2.60. The molecule has 1 unspecified atom stereocenters. The molecule has 1 heterocycles. The van der Waals surface area contributed by atoms with E-state index >= 15 is 0 Å². The van der Waals surface area contributed by atoms with Gasteiger partial charge in [-0.15, -0.1) is 0 Å². The summed E-state index contributed by atoms with van der Waals surface area (Å²) in [5.41, 5.74) is -0.609. The summed E-state index contributed by atoms with van der Waals surface area (Å²) in [6.07, 6.45) is -3.98. The van der Waals surface area contributed by atoms with E-state index in [9.17, 15) is 13.2 Å². The van der Waals surface area contributed by atoms with Gasteiger partial charge in [-0.2, -0.15) is 18.4 Å². The topological polar surface area (TPSA) is 33.0 Å². The second kappa shape index (κ2) is 6.53. The fourth-order valence-corrected chi connectivity index (χ4v) is 3.50. The Hall–Kier alpha value is -2.16. The molecule has 1 atom stereocenters. The Labute approximate surface area is 158 Å². The van der Waals surface area contributed by atoms with Gasteiger partial charge < -0.3 is 4.74 Å². The summed E-state index contributed by atoms with van der Waals surface area (Å²) in [5.74, 6) is 0. The molecule has 0 amide bonds. The standard InChI is InChI=1S/C19H12Cl2F3NO/c1-11-4-12(2-3-13(11)9-25)14-8-18(26-10-14,19(22,23)24)15-5-16(20)7-17(21)6-15/h2-7,10H,8H2,1H3. The lowest BCUT2D eigenvalue weighted by atomic mass is 9.86. The number of nitrogens with zero attached hydrogens (tertiary/aromatic N) is 1. The largest absolute Gasteiger partial charge is 0.480 e. The predicted molar refractivity (Wildman–Crippen MR) is 93.8 cm³/mol. The minimum Gasteiger partial charge on any atom is -0.480 e. The molecular formula is C19H12Cl2F3NO. The second-order valence-corrected chi connectivity index (χ2v) is 6.93. The molecule has 0 fully saturated rings. The molecule has 7 heteroatoms. The van der Waals surface area contributed by atoms with Crippen molar-refractivity contribution < 1.29 is 17.9 Å². The Kier molecular flexibility index (Phi) is 4.68. The van der Waals surface area contributed by atoms with Crippen LogP contribution in [0.1, 0.15) is 28.7 Å². The highest BCUT2D eigenvalue weighted by molar-refractivity contribution is 6.34. The fourth-order valence-electron chi connectivity index (χ4n) is 2.97. The van der Waals surface area contributed by atoms with Crippen molar-refractivity contribution in [3.05, 3.63) is 75.0 Å². The van der Waals surface area contributed by atoms with Crippen molar-refractivity contribution >= 4 is 28.8 Å². The predicted octanol–water partition coefficient (Wildman–Crippen LogP) is 6.39. The number of aryl methyl sites for hydroxylation is 1. The van der Waals surface area contributed by atoms with Crippen LogP contribution in [-0.2, 0) is 10.3 Å². The van der Waals surface area contributed by atoms with E-state index in [1.807, 2.05) is 6.07 Å².